The van der Waals surface area contributed by atoms with Gasteiger partial charge in [-0.25, -0.2) is 0 Å². The Labute approximate surface area is 178 Å². The third kappa shape index (κ3) is 2.68. The third-order valence-electron chi connectivity index (χ3n) is 6.54. The topological polar surface area (TPSA) is 7.94 Å². The molecule has 3 aromatic carbocycles. The lowest BCUT2D eigenvalue weighted by molar-refractivity contribution is -0.401. The summed E-state index contributed by atoms with van der Waals surface area (Å²) in [6, 6.07) is 28.1. The molecule has 30 heavy (non-hydrogen) atoms. The second-order valence-corrected chi connectivity index (χ2v) is 8.62. The Kier molecular flexibility index (Phi) is 4.25. The number of nitrogens with zero attached hydrogens (tertiary/aromatic N) is 2. The maximum atomic E-state index is 2.33. The highest BCUT2D eigenvalue weighted by Crippen LogP contribution is 2.40. The number of rotatable bonds is 3. The fourth-order valence-corrected chi connectivity index (χ4v) is 5.00. The van der Waals surface area contributed by atoms with Crippen LogP contribution in [0.15, 0.2) is 84.9 Å². The van der Waals surface area contributed by atoms with Crippen molar-refractivity contribution in [2.75, 3.05) is 7.05 Å². The first-order chi connectivity index (χ1) is 14.5. The van der Waals surface area contributed by atoms with Crippen LogP contribution in [0.4, 0.5) is 5.69 Å². The minimum absolute atomic E-state index is 0.0284. The van der Waals surface area contributed by atoms with Crippen LogP contribution in [0.25, 0.3) is 28.2 Å². The number of hydrogen-bond donors (Lipinski definition) is 0. The lowest BCUT2D eigenvalue weighted by Crippen LogP contribution is -2.26. The zero-order valence-corrected chi connectivity index (χ0v) is 18.1. The number of aryl methyl sites for hydroxylation is 1. The summed E-state index contributed by atoms with van der Waals surface area (Å²) in [6.45, 7) is 4.63. The Morgan fingerprint density at radius 2 is 1.47 bits per heavy atom. The van der Waals surface area contributed by atoms with E-state index in [0.717, 1.165) is 0 Å². The average Bonchev–Trinajstić information content (AvgIpc) is 3.16. The molecule has 0 saturated heterocycles. The second-order valence-electron chi connectivity index (χ2n) is 8.62. The van der Waals surface area contributed by atoms with Crippen LogP contribution in [0.3, 0.4) is 0 Å². The van der Waals surface area contributed by atoms with Crippen molar-refractivity contribution < 1.29 is 4.58 Å². The van der Waals surface area contributed by atoms with Gasteiger partial charge in [0, 0.05) is 41.2 Å². The summed E-state index contributed by atoms with van der Waals surface area (Å²) in [5.41, 5.74) is 8.98. The summed E-state index contributed by atoms with van der Waals surface area (Å²) in [5, 5.41) is 1.28. The van der Waals surface area contributed by atoms with Crippen LogP contribution in [0, 0.1) is 0 Å². The molecule has 0 bridgehead atoms. The monoisotopic (exact) mass is 391 g/mol. The Morgan fingerprint density at radius 1 is 0.800 bits per heavy atom. The molecule has 2 heteroatoms. The largest absolute Gasteiger partial charge is 0.343 e. The summed E-state index contributed by atoms with van der Waals surface area (Å²) in [6.07, 6.45) is 4.62. The molecule has 2 nitrogen and oxygen atoms in total. The van der Waals surface area contributed by atoms with Crippen molar-refractivity contribution in [3.8, 4) is 11.3 Å². The van der Waals surface area contributed by atoms with Gasteiger partial charge in [-0.15, -0.1) is 0 Å². The molecule has 4 aromatic rings. The van der Waals surface area contributed by atoms with Crippen LogP contribution in [-0.2, 0) is 12.5 Å². The molecule has 148 valence electrons. The summed E-state index contributed by atoms with van der Waals surface area (Å²) in [7, 11) is 4.34. The van der Waals surface area contributed by atoms with Crippen molar-refractivity contribution in [2.45, 2.75) is 19.3 Å². The molecule has 1 aliphatic heterocycles. The summed E-state index contributed by atoms with van der Waals surface area (Å²) >= 11 is 0. The molecule has 0 atom stereocenters. The number of para-hydroxylation sites is 2. The third-order valence-corrected chi connectivity index (χ3v) is 6.54. The Bertz CT molecular complexity index is 1320. The van der Waals surface area contributed by atoms with Gasteiger partial charge in [-0.2, -0.15) is 4.58 Å². The number of aromatic nitrogens is 1. The molecule has 0 spiro atoms. The molecule has 1 aliphatic rings. The first-order valence-corrected chi connectivity index (χ1v) is 10.5. The van der Waals surface area contributed by atoms with Gasteiger partial charge in [-0.1, -0.05) is 66.7 Å². The standard InChI is InChI=1S/C28H27N2/c1-28(2)23-15-9-11-17-25(23)29(3)26(28)19-18-22-21-14-8-10-16-24(21)30(4)27(22)20-12-6-5-7-13-20/h5-19H,1-4H3/q+1. The predicted molar refractivity (Wildman–Crippen MR) is 128 cm³/mol. The van der Waals surface area contributed by atoms with Crippen molar-refractivity contribution in [1.29, 1.82) is 0 Å². The maximum absolute atomic E-state index is 2.33. The van der Waals surface area contributed by atoms with E-state index in [1.165, 1.54) is 44.7 Å². The van der Waals surface area contributed by atoms with Crippen LogP contribution in [0.1, 0.15) is 25.0 Å². The quantitative estimate of drug-likeness (QED) is 0.349. The molecule has 0 unspecified atom stereocenters. The van der Waals surface area contributed by atoms with E-state index in [1.54, 1.807) is 0 Å². The van der Waals surface area contributed by atoms with Crippen LogP contribution < -0.4 is 0 Å². The highest BCUT2D eigenvalue weighted by molar-refractivity contribution is 6.07. The Balaban J connectivity index is 1.70. The van der Waals surface area contributed by atoms with E-state index in [9.17, 15) is 0 Å². The van der Waals surface area contributed by atoms with Crippen molar-refractivity contribution in [2.24, 2.45) is 7.05 Å². The van der Waals surface area contributed by atoms with Gasteiger partial charge in [0.1, 0.15) is 7.05 Å². The zero-order valence-electron chi connectivity index (χ0n) is 18.1. The van der Waals surface area contributed by atoms with Crippen molar-refractivity contribution in [3.05, 3.63) is 96.1 Å². The maximum Gasteiger partial charge on any atom is 0.209 e. The summed E-state index contributed by atoms with van der Waals surface area (Å²) in [5.74, 6) is 0. The molecule has 0 saturated carbocycles. The minimum Gasteiger partial charge on any atom is -0.343 e. The first kappa shape index (κ1) is 18.6. The van der Waals surface area contributed by atoms with Gasteiger partial charge in [0.15, 0.2) is 5.71 Å². The molecule has 0 radical (unpaired) electrons. The molecular formula is C28H27N2+. The molecule has 5 rings (SSSR count). The van der Waals surface area contributed by atoms with Gasteiger partial charge in [0.05, 0.1) is 11.1 Å². The van der Waals surface area contributed by atoms with Gasteiger partial charge in [0.2, 0.25) is 5.69 Å². The van der Waals surface area contributed by atoms with Crippen LogP contribution in [0.5, 0.6) is 0 Å². The number of hydrogen-bond acceptors (Lipinski definition) is 0. The molecule has 0 N–H and O–H groups in total. The fourth-order valence-electron chi connectivity index (χ4n) is 5.00. The smallest absolute Gasteiger partial charge is 0.209 e. The molecule has 0 aliphatic carbocycles. The molecule has 0 fully saturated rings. The summed E-state index contributed by atoms with van der Waals surface area (Å²) in [4.78, 5) is 0. The van der Waals surface area contributed by atoms with Gasteiger partial charge >= 0.3 is 0 Å². The van der Waals surface area contributed by atoms with Gasteiger partial charge in [0.25, 0.3) is 0 Å². The Hall–Kier alpha value is -3.39. The minimum atomic E-state index is -0.0284. The van der Waals surface area contributed by atoms with Crippen LogP contribution in [0.2, 0.25) is 0 Å². The van der Waals surface area contributed by atoms with E-state index in [0.29, 0.717) is 0 Å². The predicted octanol–water partition coefficient (Wildman–Crippen LogP) is 6.56. The average molecular weight is 392 g/mol. The van der Waals surface area contributed by atoms with Crippen molar-refractivity contribution in [3.63, 3.8) is 0 Å². The van der Waals surface area contributed by atoms with Crippen molar-refractivity contribution in [1.82, 2.24) is 4.57 Å². The lowest BCUT2D eigenvalue weighted by Gasteiger charge is -2.15. The second kappa shape index (κ2) is 6.84. The van der Waals surface area contributed by atoms with Gasteiger partial charge in [-0.05, 0) is 31.6 Å². The number of benzene rings is 3. The lowest BCUT2D eigenvalue weighted by atomic mass is 9.81. The summed E-state index contributed by atoms with van der Waals surface area (Å²) < 4.78 is 4.65. The van der Waals surface area contributed by atoms with E-state index in [-0.39, 0.29) is 5.41 Å². The molecule has 2 heterocycles. The molecular weight excluding hydrogens is 364 g/mol. The van der Waals surface area contributed by atoms with E-state index in [2.05, 4.69) is 128 Å². The van der Waals surface area contributed by atoms with Gasteiger partial charge in [-0.3, -0.25) is 0 Å². The Morgan fingerprint density at radius 3 is 2.23 bits per heavy atom. The van der Waals surface area contributed by atoms with E-state index < -0.39 is 0 Å². The highest BCUT2D eigenvalue weighted by atomic mass is 15.0. The zero-order chi connectivity index (χ0) is 20.9. The van der Waals surface area contributed by atoms with Gasteiger partial charge < -0.3 is 4.57 Å². The number of allylic oxidation sites excluding steroid dienone is 1. The molecule has 1 aromatic heterocycles. The van der Waals surface area contributed by atoms with E-state index in [4.69, 9.17) is 0 Å². The van der Waals surface area contributed by atoms with Crippen molar-refractivity contribution >= 4 is 28.4 Å². The number of fused-ring (bicyclic) bond motifs is 2. The first-order valence-electron chi connectivity index (χ1n) is 10.5. The van der Waals surface area contributed by atoms with E-state index in [1.807, 2.05) is 0 Å². The van der Waals surface area contributed by atoms with E-state index >= 15 is 0 Å². The van der Waals surface area contributed by atoms with Crippen LogP contribution in [-0.4, -0.2) is 21.9 Å². The fraction of sp³-hybridized carbons (Fsp3) is 0.179. The molecule has 0 amide bonds. The highest BCUT2D eigenvalue weighted by Gasteiger charge is 2.42. The normalized spacial score (nSPS) is 15.3. The van der Waals surface area contributed by atoms with Crippen LogP contribution >= 0.6 is 0 Å². The SMILES string of the molecule is Cn1c(-c2ccccc2)c(/C=C/C2=[N+](C)c3ccccc3C2(C)C)c2ccccc21.